The summed E-state index contributed by atoms with van der Waals surface area (Å²) in [4.78, 5) is 16.7. The SMILES string of the molecule is COc1ccc(Cl)cc1NC(=S)NC(=NCCc1c[nH]c2ccc(F)cc12)Nc1nc(C)cc(C)n1. The molecule has 2 aromatic heterocycles. The predicted octanol–water partition coefficient (Wildman–Crippen LogP) is 5.37. The van der Waals surface area contributed by atoms with Gasteiger partial charge >= 0.3 is 0 Å². The lowest BCUT2D eigenvalue weighted by Crippen LogP contribution is -2.39. The fraction of sp³-hybridized carbons (Fsp3) is 0.200. The van der Waals surface area contributed by atoms with Gasteiger partial charge in [0.15, 0.2) is 5.11 Å². The van der Waals surface area contributed by atoms with Crippen molar-refractivity contribution in [3.8, 4) is 5.75 Å². The van der Waals surface area contributed by atoms with Crippen molar-refractivity contribution in [3.05, 3.63) is 76.5 Å². The number of aromatic amines is 1. The number of fused-ring (bicyclic) bond motifs is 1. The highest BCUT2D eigenvalue weighted by molar-refractivity contribution is 7.80. The lowest BCUT2D eigenvalue weighted by molar-refractivity contribution is 0.417. The van der Waals surface area contributed by atoms with E-state index < -0.39 is 0 Å². The lowest BCUT2D eigenvalue weighted by Gasteiger charge is -2.16. The van der Waals surface area contributed by atoms with Crippen molar-refractivity contribution in [1.29, 1.82) is 0 Å². The molecule has 2 heterocycles. The van der Waals surface area contributed by atoms with E-state index in [2.05, 4.69) is 35.9 Å². The second-order valence-electron chi connectivity index (χ2n) is 8.01. The molecule has 0 spiro atoms. The number of guanidine groups is 1. The van der Waals surface area contributed by atoms with Crippen LogP contribution in [0, 0.1) is 19.7 Å². The quantitative estimate of drug-likeness (QED) is 0.152. The van der Waals surface area contributed by atoms with Gasteiger partial charge in [0.25, 0.3) is 0 Å². The van der Waals surface area contributed by atoms with Crippen LogP contribution >= 0.6 is 23.8 Å². The van der Waals surface area contributed by atoms with E-state index >= 15 is 0 Å². The van der Waals surface area contributed by atoms with Gasteiger partial charge in [0.05, 0.1) is 12.8 Å². The number of aliphatic imine (C=N–C) groups is 1. The molecule has 0 atom stereocenters. The van der Waals surface area contributed by atoms with E-state index in [-0.39, 0.29) is 10.9 Å². The maximum atomic E-state index is 13.7. The van der Waals surface area contributed by atoms with Gasteiger partial charge in [-0.3, -0.25) is 10.3 Å². The van der Waals surface area contributed by atoms with Crippen molar-refractivity contribution in [1.82, 2.24) is 20.3 Å². The van der Waals surface area contributed by atoms with Crippen LogP contribution in [0.4, 0.5) is 16.0 Å². The fourth-order valence-electron chi connectivity index (χ4n) is 3.68. The minimum absolute atomic E-state index is 0.264. The Morgan fingerprint density at radius 1 is 1.11 bits per heavy atom. The van der Waals surface area contributed by atoms with Crippen molar-refractivity contribution < 1.29 is 9.13 Å². The first kappa shape index (κ1) is 25.3. The molecule has 0 unspecified atom stereocenters. The summed E-state index contributed by atoms with van der Waals surface area (Å²) in [6, 6.07) is 11.7. The Balaban J connectivity index is 1.53. The van der Waals surface area contributed by atoms with Crippen LogP contribution in [0.1, 0.15) is 17.0 Å². The zero-order chi connectivity index (χ0) is 25.7. The molecule has 0 aliphatic heterocycles. The van der Waals surface area contributed by atoms with Gasteiger partial charge in [0.2, 0.25) is 11.9 Å². The van der Waals surface area contributed by atoms with Gasteiger partial charge in [0.1, 0.15) is 11.6 Å². The number of aryl methyl sites for hydroxylation is 2. The molecule has 11 heteroatoms. The lowest BCUT2D eigenvalue weighted by atomic mass is 10.1. The van der Waals surface area contributed by atoms with Crippen LogP contribution in [0.15, 0.2) is 53.7 Å². The number of benzene rings is 2. The number of anilines is 2. The number of nitrogens with one attached hydrogen (secondary N) is 4. The first-order chi connectivity index (χ1) is 17.3. The summed E-state index contributed by atoms with van der Waals surface area (Å²) >= 11 is 11.6. The standard InChI is InChI=1S/C25H25ClFN7OS/c1-14-10-15(2)31-24(30-14)33-23(34-25(36)32-21-11-17(26)4-7-22(21)35-3)28-9-8-16-13-29-20-6-5-18(27)12-19(16)20/h4-7,10-13,29H,8-9H2,1-3H3,(H3,28,30,31,32,33,34,36). The summed E-state index contributed by atoms with van der Waals surface area (Å²) < 4.78 is 19.1. The summed E-state index contributed by atoms with van der Waals surface area (Å²) in [7, 11) is 1.56. The third-order valence-electron chi connectivity index (χ3n) is 5.23. The van der Waals surface area contributed by atoms with Crippen molar-refractivity contribution in [2.45, 2.75) is 20.3 Å². The number of hydrogen-bond acceptors (Lipinski definition) is 5. The number of halogens is 2. The number of aromatic nitrogens is 3. The van der Waals surface area contributed by atoms with Crippen molar-refractivity contribution in [3.63, 3.8) is 0 Å². The summed E-state index contributed by atoms with van der Waals surface area (Å²) in [5.41, 5.74) is 4.06. The number of thiocarbonyl (C=S) groups is 1. The fourth-order valence-corrected chi connectivity index (χ4v) is 4.06. The zero-order valence-corrected chi connectivity index (χ0v) is 21.5. The van der Waals surface area contributed by atoms with Crippen molar-refractivity contribution >= 4 is 57.4 Å². The molecule has 4 rings (SSSR count). The molecule has 4 N–H and O–H groups in total. The highest BCUT2D eigenvalue weighted by Gasteiger charge is 2.11. The van der Waals surface area contributed by atoms with Crippen LogP contribution in [-0.2, 0) is 6.42 Å². The van der Waals surface area contributed by atoms with E-state index in [4.69, 9.17) is 28.6 Å². The van der Waals surface area contributed by atoms with Crippen molar-refractivity contribution in [2.24, 2.45) is 4.99 Å². The molecule has 186 valence electrons. The van der Waals surface area contributed by atoms with Crippen LogP contribution in [0.3, 0.4) is 0 Å². The molecule has 2 aromatic carbocycles. The van der Waals surface area contributed by atoms with E-state index in [0.717, 1.165) is 27.9 Å². The van der Waals surface area contributed by atoms with Crippen LogP contribution in [-0.4, -0.2) is 39.7 Å². The Hall–Kier alpha value is -3.76. The minimum Gasteiger partial charge on any atom is -0.495 e. The summed E-state index contributed by atoms with van der Waals surface area (Å²) in [5, 5.41) is 10.9. The highest BCUT2D eigenvalue weighted by Crippen LogP contribution is 2.27. The molecule has 4 aromatic rings. The van der Waals surface area contributed by atoms with E-state index in [9.17, 15) is 4.39 Å². The number of H-pyrrole nitrogens is 1. The maximum absolute atomic E-state index is 13.7. The molecule has 0 fully saturated rings. The Bertz CT molecular complexity index is 1420. The summed E-state index contributed by atoms with van der Waals surface area (Å²) in [6.07, 6.45) is 2.44. The second kappa shape index (κ2) is 11.3. The van der Waals surface area contributed by atoms with Crippen molar-refractivity contribution in [2.75, 3.05) is 24.3 Å². The number of methoxy groups -OCH3 is 1. The van der Waals surface area contributed by atoms with Crippen LogP contribution < -0.4 is 20.7 Å². The number of hydrogen-bond donors (Lipinski definition) is 4. The van der Waals surface area contributed by atoms with Crippen LogP contribution in [0.5, 0.6) is 5.75 Å². The van der Waals surface area contributed by atoms with Gasteiger partial charge in [-0.15, -0.1) is 0 Å². The predicted molar refractivity (Wildman–Crippen MR) is 147 cm³/mol. The van der Waals surface area contributed by atoms with E-state index in [0.29, 0.717) is 41.3 Å². The Morgan fingerprint density at radius 3 is 2.64 bits per heavy atom. The molecule has 0 saturated carbocycles. The number of nitrogens with zero attached hydrogens (tertiary/aromatic N) is 3. The largest absolute Gasteiger partial charge is 0.495 e. The smallest absolute Gasteiger partial charge is 0.229 e. The number of rotatable bonds is 6. The summed E-state index contributed by atoms with van der Waals surface area (Å²) in [6.45, 7) is 4.17. The van der Waals surface area contributed by atoms with Gasteiger partial charge in [-0.1, -0.05) is 11.6 Å². The summed E-state index contributed by atoms with van der Waals surface area (Å²) in [5.74, 6) is 1.04. The molecule has 0 saturated heterocycles. The van der Waals surface area contributed by atoms with E-state index in [1.807, 2.05) is 26.1 Å². The highest BCUT2D eigenvalue weighted by atomic mass is 35.5. The first-order valence-electron chi connectivity index (χ1n) is 11.1. The second-order valence-corrected chi connectivity index (χ2v) is 8.85. The third kappa shape index (κ3) is 6.46. The average Bonchev–Trinajstić information content (AvgIpc) is 3.20. The Kier molecular flexibility index (Phi) is 7.97. The molecule has 36 heavy (non-hydrogen) atoms. The monoisotopic (exact) mass is 525 g/mol. The molecule has 0 bridgehead atoms. The van der Waals surface area contributed by atoms with E-state index in [1.165, 1.54) is 12.1 Å². The molecular formula is C25H25ClFN7OS. The first-order valence-corrected chi connectivity index (χ1v) is 11.9. The van der Waals surface area contributed by atoms with E-state index in [1.54, 1.807) is 31.4 Å². The minimum atomic E-state index is -0.282. The third-order valence-corrected chi connectivity index (χ3v) is 5.67. The van der Waals surface area contributed by atoms with Gasteiger partial charge in [-0.2, -0.15) is 0 Å². The Labute approximate surface area is 218 Å². The maximum Gasteiger partial charge on any atom is 0.229 e. The average molecular weight is 526 g/mol. The van der Waals surface area contributed by atoms with Crippen LogP contribution in [0.25, 0.3) is 10.9 Å². The normalized spacial score (nSPS) is 11.4. The van der Waals surface area contributed by atoms with Gasteiger partial charge in [-0.25, -0.2) is 14.4 Å². The van der Waals surface area contributed by atoms with Crippen LogP contribution in [0.2, 0.25) is 5.02 Å². The van der Waals surface area contributed by atoms with Gasteiger partial charge < -0.3 is 20.4 Å². The topological polar surface area (TPSA) is 99.2 Å². The molecule has 0 amide bonds. The van der Waals surface area contributed by atoms with Gasteiger partial charge in [-0.05, 0) is 80.5 Å². The zero-order valence-electron chi connectivity index (χ0n) is 19.9. The molecular weight excluding hydrogens is 501 g/mol. The van der Waals surface area contributed by atoms with Gasteiger partial charge in [0, 0.05) is 40.1 Å². The Morgan fingerprint density at radius 2 is 1.89 bits per heavy atom. The number of ether oxygens (including phenoxy) is 1. The molecule has 0 radical (unpaired) electrons. The molecule has 0 aliphatic carbocycles. The molecule has 0 aliphatic rings. The molecule has 8 nitrogen and oxygen atoms in total.